The van der Waals surface area contributed by atoms with Crippen molar-refractivity contribution in [1.29, 1.82) is 0 Å². The van der Waals surface area contributed by atoms with Crippen molar-refractivity contribution in [3.63, 3.8) is 0 Å². The van der Waals surface area contributed by atoms with E-state index in [9.17, 15) is 29.7 Å². The molecule has 8 heteroatoms. The molecule has 0 fully saturated rings. The van der Waals surface area contributed by atoms with Crippen molar-refractivity contribution in [2.24, 2.45) is 0 Å². The van der Waals surface area contributed by atoms with Gasteiger partial charge in [0.05, 0.1) is 18.1 Å². The summed E-state index contributed by atoms with van der Waals surface area (Å²) < 4.78 is 4.55. The molecule has 0 atom stereocenters. The second kappa shape index (κ2) is 6.45. The molecular weight excluding hydrogens is 320 g/mol. The molecule has 8 nitrogen and oxygen atoms in total. The zero-order chi connectivity index (χ0) is 18.0. The summed E-state index contributed by atoms with van der Waals surface area (Å²) in [4.78, 5) is 34.5. The van der Waals surface area contributed by atoms with Gasteiger partial charge in [-0.2, -0.15) is 0 Å². The van der Waals surface area contributed by atoms with Gasteiger partial charge in [0.1, 0.15) is 0 Å². The first kappa shape index (κ1) is 17.1. The second-order valence-corrected chi connectivity index (χ2v) is 5.03. The molecule has 0 saturated carbocycles. The first-order valence-corrected chi connectivity index (χ1v) is 6.81. The Kier molecular flexibility index (Phi) is 4.59. The Bertz CT molecular complexity index is 901. The Morgan fingerprint density at radius 1 is 1.08 bits per heavy atom. The van der Waals surface area contributed by atoms with Gasteiger partial charge in [0, 0.05) is 12.5 Å². The van der Waals surface area contributed by atoms with E-state index in [4.69, 9.17) is 5.11 Å². The summed E-state index contributed by atoms with van der Waals surface area (Å²) in [7, 11) is 1.11. The van der Waals surface area contributed by atoms with Gasteiger partial charge in [-0.1, -0.05) is 0 Å². The molecule has 0 amide bonds. The largest absolute Gasteiger partial charge is 0.504 e. The maximum Gasteiger partial charge on any atom is 0.338 e. The molecule has 0 aliphatic heterocycles. The van der Waals surface area contributed by atoms with Crippen molar-refractivity contribution in [3.8, 4) is 17.2 Å². The average Bonchev–Trinajstić information content (AvgIpc) is 2.66. The maximum absolute atomic E-state index is 12.0. The van der Waals surface area contributed by atoms with Crippen LogP contribution in [0.25, 0.3) is 10.8 Å². The summed E-state index contributed by atoms with van der Waals surface area (Å²) in [6.07, 6.45) is -0.353. The molecule has 0 unspecified atom stereocenters. The number of hydrogen-bond donors (Lipinski definition) is 4. The lowest BCUT2D eigenvalue weighted by molar-refractivity contribution is -0.136. The number of rotatable bonds is 4. The molecule has 2 rings (SSSR count). The van der Waals surface area contributed by atoms with E-state index < -0.39 is 34.6 Å². The third-order valence-corrected chi connectivity index (χ3v) is 3.49. The quantitative estimate of drug-likeness (QED) is 0.481. The zero-order valence-corrected chi connectivity index (χ0v) is 12.6. The van der Waals surface area contributed by atoms with Crippen LogP contribution in [0, 0.1) is 0 Å². The van der Waals surface area contributed by atoms with E-state index in [0.717, 1.165) is 19.2 Å². The van der Waals surface area contributed by atoms with E-state index in [2.05, 4.69) is 4.74 Å². The molecular formula is C16H14O8. The number of aromatic hydroxyl groups is 3. The number of carboxylic acids is 1. The Labute approximate surface area is 135 Å². The lowest BCUT2D eigenvalue weighted by Gasteiger charge is -2.08. The fourth-order valence-electron chi connectivity index (χ4n) is 2.35. The summed E-state index contributed by atoms with van der Waals surface area (Å²) in [5, 5.41) is 38.3. The van der Waals surface area contributed by atoms with Gasteiger partial charge >= 0.3 is 11.9 Å². The smallest absolute Gasteiger partial charge is 0.338 e. The predicted octanol–water partition coefficient (Wildman–Crippen LogP) is 1.12. The normalized spacial score (nSPS) is 10.5. The van der Waals surface area contributed by atoms with Gasteiger partial charge in [-0.05, 0) is 29.5 Å². The van der Waals surface area contributed by atoms with E-state index in [1.54, 1.807) is 0 Å². The summed E-state index contributed by atoms with van der Waals surface area (Å²) in [5.74, 6) is -4.18. The molecule has 0 radical (unpaired) electrons. The van der Waals surface area contributed by atoms with E-state index >= 15 is 0 Å². The van der Waals surface area contributed by atoms with Crippen LogP contribution >= 0.6 is 0 Å². The zero-order valence-electron chi connectivity index (χ0n) is 12.6. The molecule has 126 valence electrons. The van der Waals surface area contributed by atoms with Crippen LogP contribution in [0.1, 0.15) is 22.3 Å². The highest BCUT2D eigenvalue weighted by Gasteiger charge is 2.18. The molecule has 2 aromatic rings. The van der Waals surface area contributed by atoms with Gasteiger partial charge in [0.2, 0.25) is 5.43 Å². The first-order chi connectivity index (χ1) is 11.3. The van der Waals surface area contributed by atoms with Crippen molar-refractivity contribution >= 4 is 22.7 Å². The van der Waals surface area contributed by atoms with Crippen molar-refractivity contribution < 1.29 is 34.8 Å². The van der Waals surface area contributed by atoms with Crippen LogP contribution < -0.4 is 5.43 Å². The van der Waals surface area contributed by atoms with Crippen molar-refractivity contribution in [2.45, 2.75) is 12.8 Å². The van der Waals surface area contributed by atoms with Crippen LogP contribution in [-0.4, -0.2) is 39.5 Å². The van der Waals surface area contributed by atoms with Crippen molar-refractivity contribution in [1.82, 2.24) is 0 Å². The number of phenolic OH excluding ortho intramolecular Hbond substituents is 2. The van der Waals surface area contributed by atoms with Gasteiger partial charge in [-0.15, -0.1) is 0 Å². The van der Waals surface area contributed by atoms with Crippen LogP contribution in [-0.2, 0) is 16.0 Å². The molecule has 0 saturated heterocycles. The van der Waals surface area contributed by atoms with Gasteiger partial charge in [-0.3, -0.25) is 9.59 Å². The highest BCUT2D eigenvalue weighted by atomic mass is 16.5. The molecule has 0 aliphatic rings. The minimum atomic E-state index is -1.10. The fraction of sp³-hybridized carbons (Fsp3) is 0.188. The van der Waals surface area contributed by atoms with Crippen LogP contribution in [0.4, 0.5) is 0 Å². The number of ether oxygens (including phenoxy) is 1. The number of benzene rings is 1. The summed E-state index contributed by atoms with van der Waals surface area (Å²) in [6.45, 7) is 0. The standard InChI is InChI=1S/C16H14O8/c1-24-16(23)8-4-9-7(2-3-12(19)20)5-10(17)14(21)13(9)15(22)11(18)6-8/h4-6,17,21H,2-3H2,1H3,(H,18,22)(H,19,20). The van der Waals surface area contributed by atoms with E-state index in [-0.39, 0.29) is 34.7 Å². The Morgan fingerprint density at radius 3 is 2.33 bits per heavy atom. The predicted molar refractivity (Wildman–Crippen MR) is 82.5 cm³/mol. The lowest BCUT2D eigenvalue weighted by Crippen LogP contribution is -2.03. The molecule has 0 aliphatic carbocycles. The number of phenols is 2. The number of esters is 1. The van der Waals surface area contributed by atoms with Gasteiger partial charge in [0.15, 0.2) is 17.2 Å². The van der Waals surface area contributed by atoms with E-state index in [1.807, 2.05) is 0 Å². The third kappa shape index (κ3) is 3.07. The maximum atomic E-state index is 12.0. The average molecular weight is 334 g/mol. The Balaban J connectivity index is 2.93. The topological polar surface area (TPSA) is 141 Å². The SMILES string of the molecule is COC(=O)c1cc(=O)c(O)c2c(O)c(O)cc(CCC(=O)O)c2c1. The number of carbonyl (C=O) groups is 2. The van der Waals surface area contributed by atoms with Crippen molar-refractivity contribution in [3.05, 3.63) is 39.5 Å². The first-order valence-electron chi connectivity index (χ1n) is 6.81. The molecule has 4 N–H and O–H groups in total. The minimum absolute atomic E-state index is 0.0576. The van der Waals surface area contributed by atoms with Crippen LogP contribution in [0.2, 0.25) is 0 Å². The fourth-order valence-corrected chi connectivity index (χ4v) is 2.35. The number of fused-ring (bicyclic) bond motifs is 1. The van der Waals surface area contributed by atoms with Crippen molar-refractivity contribution in [2.75, 3.05) is 7.11 Å². The van der Waals surface area contributed by atoms with Crippen LogP contribution in [0.15, 0.2) is 23.0 Å². The minimum Gasteiger partial charge on any atom is -0.504 e. The molecule has 2 aromatic carbocycles. The molecule has 24 heavy (non-hydrogen) atoms. The number of carboxylic acid groups (broad SMARTS) is 1. The third-order valence-electron chi connectivity index (χ3n) is 3.49. The van der Waals surface area contributed by atoms with Gasteiger partial charge < -0.3 is 25.2 Å². The lowest BCUT2D eigenvalue weighted by atomic mass is 10.00. The Morgan fingerprint density at radius 2 is 1.75 bits per heavy atom. The number of methoxy groups -OCH3 is 1. The number of carbonyl (C=O) groups excluding carboxylic acids is 1. The monoisotopic (exact) mass is 334 g/mol. The highest BCUT2D eigenvalue weighted by molar-refractivity contribution is 6.01. The van der Waals surface area contributed by atoms with E-state index in [1.165, 1.54) is 6.07 Å². The molecule has 0 spiro atoms. The summed E-state index contributed by atoms with van der Waals surface area (Å²) >= 11 is 0. The van der Waals surface area contributed by atoms with Gasteiger partial charge in [-0.25, -0.2) is 4.79 Å². The summed E-state index contributed by atoms with van der Waals surface area (Å²) in [5.41, 5.74) is -0.913. The highest BCUT2D eigenvalue weighted by Crippen LogP contribution is 2.39. The van der Waals surface area contributed by atoms with Gasteiger partial charge in [0.25, 0.3) is 0 Å². The number of hydrogen-bond acceptors (Lipinski definition) is 7. The Hall–Kier alpha value is -3.29. The van der Waals surface area contributed by atoms with Crippen LogP contribution in [0.5, 0.6) is 17.2 Å². The van der Waals surface area contributed by atoms with E-state index in [0.29, 0.717) is 0 Å². The number of aliphatic carboxylic acids is 1. The molecule has 0 aromatic heterocycles. The number of aryl methyl sites for hydroxylation is 1. The van der Waals surface area contributed by atoms with Crippen LogP contribution in [0.3, 0.4) is 0 Å². The molecule has 0 bridgehead atoms. The second-order valence-electron chi connectivity index (χ2n) is 5.03. The molecule has 0 heterocycles. The summed E-state index contributed by atoms with van der Waals surface area (Å²) in [6, 6.07) is 3.14.